The number of aliphatic hydroxyl groups is 1. The molecule has 1 N–H and O–H groups in total. The zero-order chi connectivity index (χ0) is 14.3. The van der Waals surface area contributed by atoms with Crippen molar-refractivity contribution >= 4 is 0 Å². The molecule has 0 bridgehead atoms. The molecular weight excluding hydrogens is 251 g/mol. The fourth-order valence-corrected chi connectivity index (χ4v) is 3.42. The summed E-state index contributed by atoms with van der Waals surface area (Å²) in [6.07, 6.45) is 3.32. The Kier molecular flexibility index (Phi) is 3.35. The van der Waals surface area contributed by atoms with Crippen LogP contribution in [0.4, 0.5) is 4.39 Å². The van der Waals surface area contributed by atoms with Crippen LogP contribution in [0.5, 0.6) is 0 Å². The molecule has 0 unspecified atom stereocenters. The minimum absolute atomic E-state index is 0.0551. The van der Waals surface area contributed by atoms with E-state index < -0.39 is 0 Å². The van der Waals surface area contributed by atoms with Gasteiger partial charge in [0.05, 0.1) is 6.61 Å². The van der Waals surface area contributed by atoms with Crippen molar-refractivity contribution in [2.45, 2.75) is 39.7 Å². The second-order valence-corrected chi connectivity index (χ2v) is 5.71. The van der Waals surface area contributed by atoms with Gasteiger partial charge in [0, 0.05) is 0 Å². The average molecular weight is 270 g/mol. The molecule has 0 heterocycles. The zero-order valence-corrected chi connectivity index (χ0v) is 12.0. The number of aliphatic hydroxyl groups excluding tert-OH is 1. The van der Waals surface area contributed by atoms with Gasteiger partial charge in [0.15, 0.2) is 0 Å². The van der Waals surface area contributed by atoms with E-state index >= 15 is 0 Å². The zero-order valence-electron chi connectivity index (χ0n) is 12.0. The third-order valence-electron chi connectivity index (χ3n) is 4.22. The molecule has 2 heteroatoms. The molecule has 1 nitrogen and oxygen atoms in total. The predicted octanol–water partition coefficient (Wildman–Crippen LogP) is 4.09. The SMILES string of the molecule is Cc1cc(F)cc(C)c1-c1cc(CO)cc2c1CCC2. The summed E-state index contributed by atoms with van der Waals surface area (Å²) in [7, 11) is 0. The number of hydrogen-bond donors (Lipinski definition) is 1. The van der Waals surface area contributed by atoms with Gasteiger partial charge in [-0.2, -0.15) is 0 Å². The maximum Gasteiger partial charge on any atom is 0.123 e. The van der Waals surface area contributed by atoms with Crippen LogP contribution < -0.4 is 0 Å². The lowest BCUT2D eigenvalue weighted by Crippen LogP contribution is -1.97. The van der Waals surface area contributed by atoms with Crippen LogP contribution in [0.1, 0.15) is 34.2 Å². The number of fused-ring (bicyclic) bond motifs is 1. The van der Waals surface area contributed by atoms with Gasteiger partial charge >= 0.3 is 0 Å². The van der Waals surface area contributed by atoms with Crippen LogP contribution in [0.2, 0.25) is 0 Å². The van der Waals surface area contributed by atoms with Crippen LogP contribution in [-0.2, 0) is 19.4 Å². The van der Waals surface area contributed by atoms with Gasteiger partial charge in [-0.25, -0.2) is 4.39 Å². The smallest absolute Gasteiger partial charge is 0.123 e. The fourth-order valence-electron chi connectivity index (χ4n) is 3.42. The van der Waals surface area contributed by atoms with Crippen molar-refractivity contribution in [3.8, 4) is 11.1 Å². The summed E-state index contributed by atoms with van der Waals surface area (Å²) in [6.45, 7) is 3.97. The maximum absolute atomic E-state index is 13.5. The summed E-state index contributed by atoms with van der Waals surface area (Å²) in [6, 6.07) is 7.36. The number of halogens is 1. The van der Waals surface area contributed by atoms with Gasteiger partial charge in [0.1, 0.15) is 5.82 Å². The largest absolute Gasteiger partial charge is 0.392 e. The lowest BCUT2D eigenvalue weighted by atomic mass is 9.89. The third-order valence-corrected chi connectivity index (χ3v) is 4.22. The Morgan fingerprint density at radius 2 is 1.75 bits per heavy atom. The van der Waals surface area contributed by atoms with Crippen molar-refractivity contribution < 1.29 is 9.50 Å². The van der Waals surface area contributed by atoms with Crippen molar-refractivity contribution in [2.75, 3.05) is 0 Å². The number of benzene rings is 2. The van der Waals surface area contributed by atoms with Gasteiger partial charge in [-0.05, 0) is 90.3 Å². The van der Waals surface area contributed by atoms with Crippen LogP contribution in [0.25, 0.3) is 11.1 Å². The molecule has 0 aliphatic heterocycles. The van der Waals surface area contributed by atoms with E-state index in [4.69, 9.17) is 0 Å². The number of aryl methyl sites for hydroxylation is 3. The predicted molar refractivity (Wildman–Crippen MR) is 79.3 cm³/mol. The van der Waals surface area contributed by atoms with Gasteiger partial charge in [0.25, 0.3) is 0 Å². The molecule has 0 saturated carbocycles. The normalized spacial score (nSPS) is 13.6. The lowest BCUT2D eigenvalue weighted by Gasteiger charge is -2.16. The van der Waals surface area contributed by atoms with Crippen molar-refractivity contribution in [3.63, 3.8) is 0 Å². The van der Waals surface area contributed by atoms with E-state index in [2.05, 4.69) is 12.1 Å². The molecule has 0 atom stereocenters. The first-order valence-electron chi connectivity index (χ1n) is 7.13. The quantitative estimate of drug-likeness (QED) is 0.871. The molecule has 0 aromatic heterocycles. The highest BCUT2D eigenvalue weighted by atomic mass is 19.1. The average Bonchev–Trinajstić information content (AvgIpc) is 2.85. The first-order valence-corrected chi connectivity index (χ1v) is 7.13. The number of hydrogen-bond acceptors (Lipinski definition) is 1. The topological polar surface area (TPSA) is 20.2 Å². The van der Waals surface area contributed by atoms with Crippen LogP contribution in [0.3, 0.4) is 0 Å². The Bertz CT molecular complexity index is 650. The fraction of sp³-hybridized carbons (Fsp3) is 0.333. The molecule has 0 saturated heterocycles. The Balaban J connectivity index is 2.27. The molecule has 0 fully saturated rings. The molecule has 0 amide bonds. The van der Waals surface area contributed by atoms with Crippen LogP contribution in [0.15, 0.2) is 24.3 Å². The van der Waals surface area contributed by atoms with Crippen molar-refractivity contribution in [2.24, 2.45) is 0 Å². The molecule has 2 aromatic rings. The number of rotatable bonds is 2. The Labute approximate surface area is 119 Å². The van der Waals surface area contributed by atoms with Crippen molar-refractivity contribution in [1.29, 1.82) is 0 Å². The molecule has 1 aliphatic carbocycles. The second-order valence-electron chi connectivity index (χ2n) is 5.71. The van der Waals surface area contributed by atoms with Crippen molar-refractivity contribution in [1.82, 2.24) is 0 Å². The third kappa shape index (κ3) is 2.14. The lowest BCUT2D eigenvalue weighted by molar-refractivity contribution is 0.282. The summed E-state index contributed by atoms with van der Waals surface area (Å²) in [4.78, 5) is 0. The van der Waals surface area contributed by atoms with E-state index in [1.165, 1.54) is 16.7 Å². The highest BCUT2D eigenvalue weighted by Crippen LogP contribution is 2.37. The van der Waals surface area contributed by atoms with E-state index in [0.29, 0.717) is 0 Å². The van der Waals surface area contributed by atoms with Gasteiger partial charge < -0.3 is 5.11 Å². The Morgan fingerprint density at radius 1 is 1.05 bits per heavy atom. The van der Waals surface area contributed by atoms with Crippen LogP contribution in [0, 0.1) is 19.7 Å². The molecule has 0 radical (unpaired) electrons. The second kappa shape index (κ2) is 5.02. The summed E-state index contributed by atoms with van der Waals surface area (Å²) in [5, 5.41) is 9.46. The molecule has 104 valence electrons. The first-order chi connectivity index (χ1) is 9.60. The van der Waals surface area contributed by atoms with E-state index in [1.54, 1.807) is 12.1 Å². The molecular formula is C18H19FO. The van der Waals surface area contributed by atoms with Gasteiger partial charge in [-0.3, -0.25) is 0 Å². The summed E-state index contributed by atoms with van der Waals surface area (Å²) in [5.41, 5.74) is 7.90. The molecule has 0 spiro atoms. The van der Waals surface area contributed by atoms with Gasteiger partial charge in [-0.1, -0.05) is 6.07 Å². The van der Waals surface area contributed by atoms with E-state index in [1.807, 2.05) is 13.8 Å². The monoisotopic (exact) mass is 270 g/mol. The van der Waals surface area contributed by atoms with Crippen LogP contribution >= 0.6 is 0 Å². The van der Waals surface area contributed by atoms with Gasteiger partial charge in [-0.15, -0.1) is 0 Å². The molecule has 20 heavy (non-hydrogen) atoms. The van der Waals surface area contributed by atoms with E-state index in [-0.39, 0.29) is 12.4 Å². The minimum atomic E-state index is -0.182. The first kappa shape index (κ1) is 13.3. The van der Waals surface area contributed by atoms with Gasteiger partial charge in [0.2, 0.25) is 0 Å². The standard InChI is InChI=1S/C18H19FO/c1-11-6-15(19)7-12(2)18(11)17-9-13(10-20)8-14-4-3-5-16(14)17/h6-9,20H,3-5,10H2,1-2H3. The van der Waals surface area contributed by atoms with E-state index in [9.17, 15) is 9.50 Å². The maximum atomic E-state index is 13.5. The Morgan fingerprint density at radius 3 is 2.40 bits per heavy atom. The highest BCUT2D eigenvalue weighted by Gasteiger charge is 2.19. The Hall–Kier alpha value is -1.67. The van der Waals surface area contributed by atoms with Crippen molar-refractivity contribution in [3.05, 3.63) is 57.9 Å². The van der Waals surface area contributed by atoms with E-state index in [0.717, 1.165) is 41.5 Å². The molecule has 3 rings (SSSR count). The summed E-state index contributed by atoms with van der Waals surface area (Å²) in [5.74, 6) is -0.182. The minimum Gasteiger partial charge on any atom is -0.392 e. The highest BCUT2D eigenvalue weighted by molar-refractivity contribution is 5.76. The molecule has 1 aliphatic rings. The van der Waals surface area contributed by atoms with Crippen LogP contribution in [-0.4, -0.2) is 5.11 Å². The summed E-state index contributed by atoms with van der Waals surface area (Å²) < 4.78 is 13.5. The summed E-state index contributed by atoms with van der Waals surface area (Å²) >= 11 is 0. The molecule has 2 aromatic carbocycles.